The van der Waals surface area contributed by atoms with E-state index in [0.717, 1.165) is 22.8 Å². The first kappa shape index (κ1) is 21.8. The predicted octanol–water partition coefficient (Wildman–Crippen LogP) is 6.17. The van der Waals surface area contributed by atoms with Crippen LogP contribution in [-0.2, 0) is 0 Å². The molecule has 0 unspecified atom stereocenters. The number of fused-ring (bicyclic) bond motifs is 2. The van der Waals surface area contributed by atoms with Crippen LogP contribution in [0.25, 0.3) is 21.8 Å². The SMILES string of the molecule is CCCCCCCCCCN.O=C(O)c1ccc2cc3ccccc3nc2c1. The van der Waals surface area contributed by atoms with E-state index in [2.05, 4.69) is 11.9 Å². The fraction of sp³-hybridized carbons (Fsp3) is 0.417. The molecule has 2 aromatic carbocycles. The number of carboxylic acids is 1. The molecule has 1 aromatic heterocycles. The van der Waals surface area contributed by atoms with Crippen molar-refractivity contribution >= 4 is 27.8 Å². The number of hydrogen-bond acceptors (Lipinski definition) is 3. The van der Waals surface area contributed by atoms with Gasteiger partial charge in [0.1, 0.15) is 0 Å². The second-order valence-corrected chi connectivity index (χ2v) is 7.16. The first-order valence-electron chi connectivity index (χ1n) is 10.4. The van der Waals surface area contributed by atoms with E-state index in [4.69, 9.17) is 10.8 Å². The standard InChI is InChI=1S/C14H9NO2.C10H23N/c16-14(17)11-6-5-10-7-9-3-1-2-4-12(9)15-13(10)8-11;1-2-3-4-5-6-7-8-9-10-11/h1-8H,(H,16,17);2-11H2,1H3. The van der Waals surface area contributed by atoms with E-state index in [1.807, 2.05) is 30.3 Å². The summed E-state index contributed by atoms with van der Waals surface area (Å²) in [5.41, 5.74) is 7.24. The largest absolute Gasteiger partial charge is 0.478 e. The van der Waals surface area contributed by atoms with E-state index in [1.54, 1.807) is 18.2 Å². The molecule has 3 aromatic rings. The lowest BCUT2D eigenvalue weighted by Gasteiger charge is -2.02. The minimum absolute atomic E-state index is 0.264. The van der Waals surface area contributed by atoms with Crippen LogP contribution in [0.4, 0.5) is 0 Å². The summed E-state index contributed by atoms with van der Waals surface area (Å²) in [6.45, 7) is 3.13. The van der Waals surface area contributed by atoms with E-state index < -0.39 is 5.97 Å². The van der Waals surface area contributed by atoms with Crippen molar-refractivity contribution in [3.05, 3.63) is 54.1 Å². The van der Waals surface area contributed by atoms with Gasteiger partial charge in [-0.25, -0.2) is 9.78 Å². The molecular formula is C24H32N2O2. The van der Waals surface area contributed by atoms with E-state index in [9.17, 15) is 4.79 Å². The normalized spacial score (nSPS) is 10.6. The summed E-state index contributed by atoms with van der Waals surface area (Å²) in [7, 11) is 0. The summed E-state index contributed by atoms with van der Waals surface area (Å²) in [4.78, 5) is 15.3. The molecule has 0 aliphatic heterocycles. The Hall–Kier alpha value is -2.46. The lowest BCUT2D eigenvalue weighted by atomic mass is 10.1. The molecule has 0 aliphatic carbocycles. The number of pyridine rings is 1. The van der Waals surface area contributed by atoms with E-state index >= 15 is 0 Å². The van der Waals surface area contributed by atoms with Crippen LogP contribution >= 0.6 is 0 Å². The molecule has 0 atom stereocenters. The third-order valence-electron chi connectivity index (χ3n) is 4.82. The van der Waals surface area contributed by atoms with E-state index in [0.29, 0.717) is 5.52 Å². The van der Waals surface area contributed by atoms with E-state index in [-0.39, 0.29) is 5.56 Å². The minimum atomic E-state index is -0.929. The zero-order chi connectivity index (χ0) is 20.2. The van der Waals surface area contributed by atoms with Crippen molar-refractivity contribution in [2.24, 2.45) is 5.73 Å². The highest BCUT2D eigenvalue weighted by molar-refractivity contribution is 5.97. The van der Waals surface area contributed by atoms with Crippen LogP contribution in [0.2, 0.25) is 0 Å². The quantitative estimate of drug-likeness (QED) is 0.344. The molecule has 1 heterocycles. The summed E-state index contributed by atoms with van der Waals surface area (Å²) < 4.78 is 0. The molecule has 0 saturated carbocycles. The van der Waals surface area contributed by atoms with Crippen LogP contribution in [0.15, 0.2) is 48.5 Å². The van der Waals surface area contributed by atoms with Crippen LogP contribution in [0.5, 0.6) is 0 Å². The fourth-order valence-corrected chi connectivity index (χ4v) is 3.18. The average Bonchev–Trinajstić information content (AvgIpc) is 2.71. The number of benzene rings is 2. The molecule has 4 nitrogen and oxygen atoms in total. The average molecular weight is 381 g/mol. The van der Waals surface area contributed by atoms with Crippen LogP contribution < -0.4 is 5.73 Å². The van der Waals surface area contributed by atoms with Gasteiger partial charge in [0.25, 0.3) is 0 Å². The lowest BCUT2D eigenvalue weighted by molar-refractivity contribution is 0.0697. The van der Waals surface area contributed by atoms with Crippen LogP contribution in [0, 0.1) is 0 Å². The number of carbonyl (C=O) groups is 1. The van der Waals surface area contributed by atoms with Gasteiger partial charge < -0.3 is 10.8 Å². The maximum absolute atomic E-state index is 10.9. The number of nitrogens with zero attached hydrogens (tertiary/aromatic N) is 1. The Morgan fingerprint density at radius 2 is 1.50 bits per heavy atom. The van der Waals surface area contributed by atoms with E-state index in [1.165, 1.54) is 51.4 Å². The van der Waals surface area contributed by atoms with Crippen molar-refractivity contribution in [2.75, 3.05) is 6.54 Å². The number of rotatable bonds is 9. The van der Waals surface area contributed by atoms with Gasteiger partial charge in [-0.2, -0.15) is 0 Å². The number of hydrogen-bond donors (Lipinski definition) is 2. The molecule has 3 rings (SSSR count). The zero-order valence-electron chi connectivity index (χ0n) is 16.9. The first-order valence-corrected chi connectivity index (χ1v) is 10.4. The van der Waals surface area contributed by atoms with Gasteiger partial charge in [0.05, 0.1) is 16.6 Å². The molecule has 0 saturated heterocycles. The first-order chi connectivity index (χ1) is 13.7. The Morgan fingerprint density at radius 3 is 2.18 bits per heavy atom. The van der Waals surface area contributed by atoms with Gasteiger partial charge in [-0.3, -0.25) is 0 Å². The predicted molar refractivity (Wildman–Crippen MR) is 118 cm³/mol. The molecule has 0 aliphatic rings. The molecule has 150 valence electrons. The molecule has 0 spiro atoms. The van der Waals surface area contributed by atoms with Gasteiger partial charge in [0.15, 0.2) is 0 Å². The van der Waals surface area contributed by atoms with Gasteiger partial charge in [-0.1, -0.05) is 76.1 Å². The molecular weight excluding hydrogens is 348 g/mol. The summed E-state index contributed by atoms with van der Waals surface area (Å²) in [5.74, 6) is -0.929. The highest BCUT2D eigenvalue weighted by Crippen LogP contribution is 2.20. The number of unbranched alkanes of at least 4 members (excludes halogenated alkanes) is 7. The molecule has 0 amide bonds. The van der Waals surface area contributed by atoms with Gasteiger partial charge in [0.2, 0.25) is 0 Å². The van der Waals surface area contributed by atoms with Crippen molar-refractivity contribution in [1.82, 2.24) is 4.98 Å². The Balaban J connectivity index is 0.000000224. The summed E-state index contributed by atoms with van der Waals surface area (Å²) in [5, 5.41) is 10.9. The number of nitrogens with two attached hydrogens (primary N) is 1. The minimum Gasteiger partial charge on any atom is -0.478 e. The van der Waals surface area contributed by atoms with Gasteiger partial charge in [-0.05, 0) is 37.2 Å². The van der Waals surface area contributed by atoms with Crippen molar-refractivity contribution in [2.45, 2.75) is 58.3 Å². The zero-order valence-corrected chi connectivity index (χ0v) is 16.9. The molecule has 3 N–H and O–H groups in total. The lowest BCUT2D eigenvalue weighted by Crippen LogP contribution is -1.97. The molecule has 0 bridgehead atoms. The monoisotopic (exact) mass is 380 g/mol. The Labute approximate surface area is 167 Å². The highest BCUT2D eigenvalue weighted by atomic mass is 16.4. The molecule has 28 heavy (non-hydrogen) atoms. The third kappa shape index (κ3) is 6.93. The second-order valence-electron chi connectivity index (χ2n) is 7.16. The number of aromatic nitrogens is 1. The van der Waals surface area contributed by atoms with Crippen molar-refractivity contribution < 1.29 is 9.90 Å². The van der Waals surface area contributed by atoms with Crippen molar-refractivity contribution in [1.29, 1.82) is 0 Å². The fourth-order valence-electron chi connectivity index (χ4n) is 3.18. The van der Waals surface area contributed by atoms with Gasteiger partial charge in [0, 0.05) is 10.8 Å². The summed E-state index contributed by atoms with van der Waals surface area (Å²) >= 11 is 0. The van der Waals surface area contributed by atoms with Crippen molar-refractivity contribution in [3.8, 4) is 0 Å². The number of para-hydroxylation sites is 1. The van der Waals surface area contributed by atoms with Gasteiger partial charge >= 0.3 is 5.97 Å². The summed E-state index contributed by atoms with van der Waals surface area (Å²) in [6, 6.07) is 14.8. The maximum Gasteiger partial charge on any atom is 0.335 e. The number of carboxylic acid groups (broad SMARTS) is 1. The van der Waals surface area contributed by atoms with Gasteiger partial charge in [-0.15, -0.1) is 0 Å². The number of aromatic carboxylic acids is 1. The van der Waals surface area contributed by atoms with Crippen LogP contribution in [0.1, 0.15) is 68.6 Å². The molecule has 0 fully saturated rings. The topological polar surface area (TPSA) is 76.2 Å². The Bertz CT molecular complexity index is 869. The molecule has 0 radical (unpaired) electrons. The summed E-state index contributed by atoms with van der Waals surface area (Å²) in [6.07, 6.45) is 11.0. The third-order valence-corrected chi connectivity index (χ3v) is 4.82. The highest BCUT2D eigenvalue weighted by Gasteiger charge is 2.05. The molecule has 4 heteroatoms. The van der Waals surface area contributed by atoms with Crippen LogP contribution in [0.3, 0.4) is 0 Å². The van der Waals surface area contributed by atoms with Crippen LogP contribution in [-0.4, -0.2) is 22.6 Å². The second kappa shape index (κ2) is 12.1. The van der Waals surface area contributed by atoms with Crippen molar-refractivity contribution in [3.63, 3.8) is 0 Å². The Kier molecular flexibility index (Phi) is 9.43. The Morgan fingerprint density at radius 1 is 0.857 bits per heavy atom. The smallest absolute Gasteiger partial charge is 0.335 e. The maximum atomic E-state index is 10.9.